The Morgan fingerprint density at radius 1 is 1.14 bits per heavy atom. The van der Waals surface area contributed by atoms with E-state index in [4.69, 9.17) is 0 Å². The standard InChI is InChI=1S/C25H26F3N3O4S2/c1-15(2)23-22-20(14-31(23)13-17-4-8-18(9-5-17)35-25(26,27)28)36-24(30-22)29-21(32)12-16-6-10-19(11-7-16)37(3,33)34/h4-11,15,23H,12-14H2,1-3H3,(H,29,30,32). The monoisotopic (exact) mass is 553 g/mol. The summed E-state index contributed by atoms with van der Waals surface area (Å²) in [5, 5.41) is 3.34. The largest absolute Gasteiger partial charge is 0.573 e. The fraction of sp³-hybridized carbons (Fsp3) is 0.360. The van der Waals surface area contributed by atoms with Gasteiger partial charge in [0.2, 0.25) is 5.91 Å². The summed E-state index contributed by atoms with van der Waals surface area (Å²) < 4.78 is 64.4. The summed E-state index contributed by atoms with van der Waals surface area (Å²) in [5.41, 5.74) is 2.43. The van der Waals surface area contributed by atoms with Crippen molar-refractivity contribution in [1.82, 2.24) is 9.88 Å². The molecule has 1 atom stereocenters. The molecule has 0 spiro atoms. The molecule has 0 radical (unpaired) electrons. The highest BCUT2D eigenvalue weighted by Gasteiger charge is 2.36. The van der Waals surface area contributed by atoms with Crippen LogP contribution in [0.15, 0.2) is 53.4 Å². The van der Waals surface area contributed by atoms with Gasteiger partial charge in [0, 0.05) is 24.2 Å². The Bertz CT molecular complexity index is 1370. The molecule has 1 N–H and O–H groups in total. The molecule has 198 valence electrons. The van der Waals surface area contributed by atoms with Crippen LogP contribution in [0.1, 0.15) is 41.6 Å². The molecule has 3 aromatic rings. The van der Waals surface area contributed by atoms with Crippen molar-refractivity contribution in [2.24, 2.45) is 5.92 Å². The Morgan fingerprint density at radius 2 is 1.76 bits per heavy atom. The minimum absolute atomic E-state index is 0.00783. The zero-order valence-electron chi connectivity index (χ0n) is 20.4. The number of halogens is 3. The van der Waals surface area contributed by atoms with Crippen LogP contribution < -0.4 is 10.1 Å². The van der Waals surface area contributed by atoms with Crippen molar-refractivity contribution in [3.05, 3.63) is 70.2 Å². The predicted octanol–water partition coefficient (Wildman–Crippen LogP) is 5.34. The predicted molar refractivity (Wildman–Crippen MR) is 134 cm³/mol. The van der Waals surface area contributed by atoms with E-state index in [2.05, 4.69) is 33.8 Å². The van der Waals surface area contributed by atoms with E-state index in [1.165, 1.54) is 35.6 Å². The molecule has 1 amide bonds. The highest BCUT2D eigenvalue weighted by Crippen LogP contribution is 2.43. The Balaban J connectivity index is 1.40. The second-order valence-corrected chi connectivity index (χ2v) is 12.4. The van der Waals surface area contributed by atoms with Crippen molar-refractivity contribution in [2.45, 2.75) is 50.7 Å². The van der Waals surface area contributed by atoms with Gasteiger partial charge < -0.3 is 10.1 Å². The molecule has 1 unspecified atom stereocenters. The normalized spacial score (nSPS) is 16.1. The fourth-order valence-corrected chi connectivity index (χ4v) is 6.02. The molecule has 2 heterocycles. The summed E-state index contributed by atoms with van der Waals surface area (Å²) in [6.07, 6.45) is -3.51. The Morgan fingerprint density at radius 3 is 2.32 bits per heavy atom. The van der Waals surface area contributed by atoms with Crippen molar-refractivity contribution in [3.63, 3.8) is 0 Å². The van der Waals surface area contributed by atoms with E-state index in [1.807, 2.05) is 0 Å². The van der Waals surface area contributed by atoms with Crippen molar-refractivity contribution in [2.75, 3.05) is 11.6 Å². The molecule has 4 rings (SSSR count). The van der Waals surface area contributed by atoms with E-state index in [0.717, 1.165) is 22.4 Å². The number of hydrogen-bond donors (Lipinski definition) is 1. The first-order valence-electron chi connectivity index (χ1n) is 11.5. The van der Waals surface area contributed by atoms with E-state index in [0.29, 0.717) is 23.8 Å². The average molecular weight is 554 g/mol. The number of ether oxygens (including phenoxy) is 1. The van der Waals surface area contributed by atoms with E-state index >= 15 is 0 Å². The van der Waals surface area contributed by atoms with Gasteiger partial charge in [-0.25, -0.2) is 13.4 Å². The second-order valence-electron chi connectivity index (χ2n) is 9.25. The molecule has 1 aliphatic heterocycles. The summed E-state index contributed by atoms with van der Waals surface area (Å²) in [4.78, 5) is 20.7. The topological polar surface area (TPSA) is 88.6 Å². The van der Waals surface area contributed by atoms with Crippen molar-refractivity contribution >= 4 is 32.2 Å². The van der Waals surface area contributed by atoms with Crippen LogP contribution in [-0.4, -0.2) is 36.8 Å². The molecule has 12 heteroatoms. The number of rotatable bonds is 8. The van der Waals surface area contributed by atoms with Gasteiger partial charge >= 0.3 is 6.36 Å². The van der Waals surface area contributed by atoms with Gasteiger partial charge in [-0.1, -0.05) is 38.1 Å². The smallest absolute Gasteiger partial charge is 0.406 e. The van der Waals surface area contributed by atoms with Crippen LogP contribution in [0.4, 0.5) is 18.3 Å². The molecule has 0 bridgehead atoms. The van der Waals surface area contributed by atoms with Gasteiger partial charge in [-0.3, -0.25) is 9.69 Å². The fourth-order valence-electron chi connectivity index (χ4n) is 4.34. The zero-order valence-corrected chi connectivity index (χ0v) is 22.0. The molecule has 0 saturated carbocycles. The van der Waals surface area contributed by atoms with E-state index in [9.17, 15) is 26.4 Å². The third-order valence-corrected chi connectivity index (χ3v) is 7.98. The number of nitrogens with one attached hydrogen (secondary N) is 1. The first-order valence-corrected chi connectivity index (χ1v) is 14.2. The second kappa shape index (κ2) is 10.4. The minimum atomic E-state index is -4.73. The van der Waals surface area contributed by atoms with E-state index < -0.39 is 16.2 Å². The molecular formula is C25H26F3N3O4S2. The molecule has 0 saturated heterocycles. The van der Waals surface area contributed by atoms with E-state index in [-0.39, 0.29) is 34.9 Å². The number of anilines is 1. The molecule has 0 aliphatic carbocycles. The summed E-state index contributed by atoms with van der Waals surface area (Å²) in [7, 11) is -3.30. The molecule has 0 fully saturated rings. The first kappa shape index (κ1) is 27.1. The number of nitrogens with zero attached hydrogens (tertiary/aromatic N) is 2. The third-order valence-electron chi connectivity index (χ3n) is 5.88. The van der Waals surface area contributed by atoms with Crippen LogP contribution in [-0.2, 0) is 34.1 Å². The summed E-state index contributed by atoms with van der Waals surface area (Å²) in [5.74, 6) is -0.294. The number of benzene rings is 2. The molecule has 37 heavy (non-hydrogen) atoms. The van der Waals surface area contributed by atoms with Crippen LogP contribution in [0.3, 0.4) is 0 Å². The summed E-state index contributed by atoms with van der Waals surface area (Å²) in [6.45, 7) is 5.29. The van der Waals surface area contributed by atoms with Crippen LogP contribution in [0.2, 0.25) is 0 Å². The number of carbonyl (C=O) groups excluding carboxylic acids is 1. The highest BCUT2D eigenvalue weighted by atomic mass is 32.2. The third kappa shape index (κ3) is 6.88. The van der Waals surface area contributed by atoms with Crippen LogP contribution >= 0.6 is 11.3 Å². The number of fused-ring (bicyclic) bond motifs is 1. The van der Waals surface area contributed by atoms with Gasteiger partial charge in [0.05, 0.1) is 23.1 Å². The van der Waals surface area contributed by atoms with E-state index in [1.54, 1.807) is 24.3 Å². The van der Waals surface area contributed by atoms with Crippen LogP contribution in [0.5, 0.6) is 5.75 Å². The van der Waals surface area contributed by atoms with Gasteiger partial charge in [0.25, 0.3) is 0 Å². The SMILES string of the molecule is CC(C)C1c2nc(NC(=O)Cc3ccc(S(C)(=O)=O)cc3)sc2CN1Cc1ccc(OC(F)(F)F)cc1. The number of carbonyl (C=O) groups is 1. The average Bonchev–Trinajstić information content (AvgIpc) is 3.30. The quantitative estimate of drug-likeness (QED) is 0.405. The zero-order chi connectivity index (χ0) is 27.0. The Kier molecular flexibility index (Phi) is 7.63. The van der Waals surface area contributed by atoms with Gasteiger partial charge in [0.1, 0.15) is 5.75 Å². The lowest BCUT2D eigenvalue weighted by molar-refractivity contribution is -0.274. The van der Waals surface area contributed by atoms with Crippen LogP contribution in [0.25, 0.3) is 0 Å². The minimum Gasteiger partial charge on any atom is -0.406 e. The molecule has 1 aliphatic rings. The summed E-state index contributed by atoms with van der Waals surface area (Å²) >= 11 is 1.40. The number of amides is 1. The lowest BCUT2D eigenvalue weighted by atomic mass is 10.0. The Hall–Kier alpha value is -2.96. The molecular weight excluding hydrogens is 527 g/mol. The molecule has 2 aromatic carbocycles. The number of sulfone groups is 1. The maximum atomic E-state index is 12.6. The maximum Gasteiger partial charge on any atom is 0.573 e. The number of aromatic nitrogens is 1. The number of alkyl halides is 3. The van der Waals surface area contributed by atoms with Crippen molar-refractivity contribution in [3.8, 4) is 5.75 Å². The van der Waals surface area contributed by atoms with Crippen molar-refractivity contribution in [1.29, 1.82) is 0 Å². The van der Waals surface area contributed by atoms with Crippen LogP contribution in [0, 0.1) is 5.92 Å². The molecule has 1 aromatic heterocycles. The first-order chi connectivity index (χ1) is 17.3. The lowest BCUT2D eigenvalue weighted by Crippen LogP contribution is -2.26. The molecule has 7 nitrogen and oxygen atoms in total. The summed E-state index contributed by atoms with van der Waals surface area (Å²) in [6, 6.07) is 12.0. The van der Waals surface area contributed by atoms with Gasteiger partial charge in [-0.05, 0) is 41.3 Å². The highest BCUT2D eigenvalue weighted by molar-refractivity contribution is 7.90. The maximum absolute atomic E-state index is 12.6. The van der Waals surface area contributed by atoms with Gasteiger partial charge in [0.15, 0.2) is 15.0 Å². The Labute approximate surface area is 217 Å². The lowest BCUT2D eigenvalue weighted by Gasteiger charge is -2.27. The number of thiazole rings is 1. The van der Waals surface area contributed by atoms with Crippen molar-refractivity contribution < 1.29 is 31.1 Å². The number of hydrogen-bond acceptors (Lipinski definition) is 7. The van der Waals surface area contributed by atoms with Gasteiger partial charge in [-0.2, -0.15) is 0 Å². The van der Waals surface area contributed by atoms with Gasteiger partial charge in [-0.15, -0.1) is 24.5 Å².